The van der Waals surface area contributed by atoms with Gasteiger partial charge >= 0.3 is 0 Å². The second-order valence-corrected chi connectivity index (χ2v) is 10.2. The van der Waals surface area contributed by atoms with Gasteiger partial charge in [0.15, 0.2) is 5.78 Å². The molecule has 2 aromatic carbocycles. The van der Waals surface area contributed by atoms with Crippen LogP contribution in [0.15, 0.2) is 71.0 Å². The predicted octanol–water partition coefficient (Wildman–Crippen LogP) is 9.75. The number of pyridine rings is 1. The first-order valence-electron chi connectivity index (χ1n) is 14.1. The topological polar surface area (TPSA) is 63.3 Å². The molecule has 0 amide bonds. The molecule has 0 saturated heterocycles. The fourth-order valence-electron chi connectivity index (χ4n) is 4.94. The quantitative estimate of drug-likeness (QED) is 0.106. The van der Waals surface area contributed by atoms with Crippen molar-refractivity contribution in [1.29, 1.82) is 0 Å². The van der Waals surface area contributed by atoms with Gasteiger partial charge in [-0.2, -0.15) is 0 Å². The largest absolute Gasteiger partial charge is 0.512 e. The summed E-state index contributed by atoms with van der Waals surface area (Å²) >= 11 is 0. The first kappa shape index (κ1) is 33.2. The van der Waals surface area contributed by atoms with E-state index in [1.165, 1.54) is 11.6 Å². The van der Waals surface area contributed by atoms with Crippen molar-refractivity contribution in [3.63, 3.8) is 0 Å². The summed E-state index contributed by atoms with van der Waals surface area (Å²) in [6, 6.07) is 19.8. The molecule has 40 heavy (non-hydrogen) atoms. The van der Waals surface area contributed by atoms with Crippen molar-refractivity contribution in [3.05, 3.63) is 89.3 Å². The third kappa shape index (κ3) is 8.25. The monoisotopic (exact) mass is 717 g/mol. The van der Waals surface area contributed by atoms with Gasteiger partial charge in [0.2, 0.25) is 0 Å². The van der Waals surface area contributed by atoms with Crippen LogP contribution in [-0.2, 0) is 24.9 Å². The van der Waals surface area contributed by atoms with Crippen LogP contribution in [0.25, 0.3) is 33.6 Å². The molecular weight excluding hydrogens is 675 g/mol. The molecule has 0 saturated carbocycles. The second kappa shape index (κ2) is 15.7. The number of aliphatic hydroxyl groups excluding tert-OH is 1. The minimum atomic E-state index is 0. The molecule has 1 radical (unpaired) electrons. The van der Waals surface area contributed by atoms with Gasteiger partial charge in [-0.1, -0.05) is 71.9 Å². The van der Waals surface area contributed by atoms with Gasteiger partial charge in [0.1, 0.15) is 11.3 Å². The molecule has 2 aromatic heterocycles. The van der Waals surface area contributed by atoms with Crippen LogP contribution in [0.3, 0.4) is 0 Å². The molecule has 2 heterocycles. The molecule has 0 fully saturated rings. The third-order valence-corrected chi connectivity index (χ3v) is 7.36. The van der Waals surface area contributed by atoms with E-state index in [0.29, 0.717) is 0 Å². The summed E-state index contributed by atoms with van der Waals surface area (Å²) in [5, 5.41) is 10.8. The predicted molar refractivity (Wildman–Crippen MR) is 162 cm³/mol. The number of carbonyl (C=O) groups excluding carboxylic acids is 1. The number of benzene rings is 2. The van der Waals surface area contributed by atoms with E-state index in [4.69, 9.17) is 4.42 Å². The zero-order valence-corrected chi connectivity index (χ0v) is 27.2. The standard InChI is InChI=1S/C22H18NO.C13H24O2.Ir/c1-14-9-15(2)11-18(10-14)20-12-21-19(13-23-20)16(3)22(24-21)17-7-5-4-6-8-17;1-5-10(6-2)12(14)9-13(15)11(7-3)8-4;/h4-10,12-13H,1-3H3;9-11,14H,5-8H2,1-4H3;/q-1;;/b;12-9-;. The normalized spacial score (nSPS) is 11.4. The Labute approximate surface area is 253 Å². The van der Waals surface area contributed by atoms with Gasteiger partial charge < -0.3 is 14.5 Å². The van der Waals surface area contributed by atoms with Crippen LogP contribution in [-0.4, -0.2) is 15.9 Å². The maximum absolute atomic E-state index is 11.7. The number of hydrogen-bond acceptors (Lipinski definition) is 4. The SMILES string of the molecule is CCC(CC)C(=O)/C=C(\O)C(CC)CC.Cc1[c-]c(-c2cc3oc(-c4ccccc4)c(C)c3cn2)cc(C)c1.[Ir]. The number of fused-ring (bicyclic) bond motifs is 1. The van der Waals surface area contributed by atoms with Crippen LogP contribution in [0.4, 0.5) is 0 Å². The maximum atomic E-state index is 11.7. The molecule has 0 unspecified atom stereocenters. The minimum Gasteiger partial charge on any atom is -0.512 e. The first-order chi connectivity index (χ1) is 18.7. The number of furan rings is 1. The molecule has 0 bridgehead atoms. The average molecular weight is 717 g/mol. The van der Waals surface area contributed by atoms with Crippen LogP contribution in [0.1, 0.15) is 70.1 Å². The summed E-state index contributed by atoms with van der Waals surface area (Å²) < 4.78 is 6.15. The van der Waals surface area contributed by atoms with Crippen LogP contribution >= 0.6 is 0 Å². The van der Waals surface area contributed by atoms with Gasteiger partial charge in [-0.3, -0.25) is 4.79 Å². The van der Waals surface area contributed by atoms with Crippen molar-refractivity contribution >= 4 is 16.8 Å². The van der Waals surface area contributed by atoms with Gasteiger partial charge in [-0.15, -0.1) is 34.9 Å². The smallest absolute Gasteiger partial charge is 0.162 e. The molecule has 0 aliphatic carbocycles. The van der Waals surface area contributed by atoms with Crippen LogP contribution in [0.2, 0.25) is 0 Å². The fourth-order valence-corrected chi connectivity index (χ4v) is 4.94. The number of hydrogen-bond donors (Lipinski definition) is 1. The van der Waals surface area contributed by atoms with E-state index >= 15 is 0 Å². The van der Waals surface area contributed by atoms with Crippen molar-refractivity contribution < 1.29 is 34.4 Å². The zero-order valence-electron chi connectivity index (χ0n) is 24.8. The molecule has 5 heteroatoms. The Kier molecular flexibility index (Phi) is 13.0. The van der Waals surface area contributed by atoms with Crippen molar-refractivity contribution in [1.82, 2.24) is 4.98 Å². The van der Waals surface area contributed by atoms with Crippen LogP contribution < -0.4 is 0 Å². The van der Waals surface area contributed by atoms with E-state index in [1.807, 2.05) is 58.2 Å². The molecule has 0 aliphatic heterocycles. The summed E-state index contributed by atoms with van der Waals surface area (Å²) in [5.74, 6) is 1.46. The molecule has 1 N–H and O–H groups in total. The molecule has 4 nitrogen and oxygen atoms in total. The average Bonchev–Trinajstić information content (AvgIpc) is 3.26. The molecule has 4 rings (SSSR count). The maximum Gasteiger partial charge on any atom is 0.162 e. The number of carbonyl (C=O) groups is 1. The first-order valence-corrected chi connectivity index (χ1v) is 14.1. The molecule has 0 spiro atoms. The van der Waals surface area contributed by atoms with E-state index < -0.39 is 0 Å². The second-order valence-electron chi connectivity index (χ2n) is 10.2. The Morgan fingerprint density at radius 2 is 1.57 bits per heavy atom. The Morgan fingerprint density at radius 1 is 0.950 bits per heavy atom. The molecule has 0 atom stereocenters. The molecule has 215 valence electrons. The number of nitrogens with zero attached hydrogens (tertiary/aromatic N) is 1. The zero-order chi connectivity index (χ0) is 28.5. The van der Waals surface area contributed by atoms with E-state index in [-0.39, 0.29) is 43.5 Å². The Bertz CT molecular complexity index is 1390. The molecule has 4 aromatic rings. The molecular formula is C35H42IrNO3-. The van der Waals surface area contributed by atoms with Gasteiger partial charge in [-0.05, 0) is 44.4 Å². The Balaban J connectivity index is 0.000000307. The fraction of sp³-hybridized carbons (Fsp3) is 0.371. The summed E-state index contributed by atoms with van der Waals surface area (Å²) in [7, 11) is 0. The summed E-state index contributed by atoms with van der Waals surface area (Å²) in [4.78, 5) is 16.4. The van der Waals surface area contributed by atoms with Gasteiger partial charge in [-0.25, -0.2) is 0 Å². The Hall–Kier alpha value is -3.01. The van der Waals surface area contributed by atoms with E-state index in [2.05, 4.69) is 56.1 Å². The molecule has 0 aliphatic rings. The van der Waals surface area contributed by atoms with E-state index in [9.17, 15) is 9.90 Å². The summed E-state index contributed by atoms with van der Waals surface area (Å²) in [6.07, 6.45) is 6.81. The summed E-state index contributed by atoms with van der Waals surface area (Å²) in [6.45, 7) is 14.3. The van der Waals surface area contributed by atoms with E-state index in [0.717, 1.165) is 70.4 Å². The minimum absolute atomic E-state index is 0. The number of ketones is 1. The number of rotatable bonds is 9. The number of aryl methyl sites for hydroxylation is 3. The van der Waals surface area contributed by atoms with Crippen molar-refractivity contribution in [2.45, 2.75) is 74.1 Å². The van der Waals surface area contributed by atoms with Gasteiger partial charge in [0.05, 0.1) is 5.76 Å². The van der Waals surface area contributed by atoms with Gasteiger partial charge in [0.25, 0.3) is 0 Å². The number of allylic oxidation sites excluding steroid dienone is 2. The van der Waals surface area contributed by atoms with E-state index in [1.54, 1.807) is 0 Å². The van der Waals surface area contributed by atoms with Crippen LogP contribution in [0.5, 0.6) is 0 Å². The van der Waals surface area contributed by atoms with Crippen LogP contribution in [0, 0.1) is 38.7 Å². The third-order valence-electron chi connectivity index (χ3n) is 7.36. The van der Waals surface area contributed by atoms with Gasteiger partial charge in [0, 0.05) is 60.7 Å². The number of aliphatic hydroxyl groups is 1. The number of aromatic nitrogens is 1. The van der Waals surface area contributed by atoms with Crippen molar-refractivity contribution in [2.75, 3.05) is 0 Å². The van der Waals surface area contributed by atoms with Crippen molar-refractivity contribution in [3.8, 4) is 22.6 Å². The summed E-state index contributed by atoms with van der Waals surface area (Å²) in [5.41, 5.74) is 7.30. The Morgan fingerprint density at radius 3 is 2.15 bits per heavy atom. The van der Waals surface area contributed by atoms with Crippen molar-refractivity contribution in [2.24, 2.45) is 11.8 Å².